The molecule has 2 aromatic carbocycles. The van der Waals surface area contributed by atoms with Crippen LogP contribution in [0.1, 0.15) is 48.9 Å². The van der Waals surface area contributed by atoms with Crippen molar-refractivity contribution in [3.8, 4) is 0 Å². The van der Waals surface area contributed by atoms with Crippen LogP contribution in [0.4, 0.5) is 4.39 Å². The minimum absolute atomic E-state index is 0.134. The molecule has 0 aliphatic rings. The number of aryl methyl sites for hydroxylation is 2. The average molecular weight is 270 g/mol. The number of halogens is 1. The maximum atomic E-state index is 13.3. The van der Waals surface area contributed by atoms with E-state index in [1.165, 1.54) is 29.5 Å². The number of unbranched alkanes of at least 4 members (excludes halogenated alkanes) is 1. The fraction of sp³-hybridized carbons (Fsp3) is 0.368. The van der Waals surface area contributed by atoms with Crippen molar-refractivity contribution in [2.45, 2.75) is 46.0 Å². The minimum Gasteiger partial charge on any atom is -0.207 e. The van der Waals surface area contributed by atoms with Crippen molar-refractivity contribution in [1.82, 2.24) is 0 Å². The Balaban J connectivity index is 2.25. The molecule has 0 saturated heterocycles. The van der Waals surface area contributed by atoms with Gasteiger partial charge in [-0.1, -0.05) is 50.6 Å². The summed E-state index contributed by atoms with van der Waals surface area (Å²) < 4.78 is 13.3. The molecule has 0 spiro atoms. The van der Waals surface area contributed by atoms with E-state index in [9.17, 15) is 4.39 Å². The highest BCUT2D eigenvalue weighted by atomic mass is 19.1. The van der Waals surface area contributed by atoms with Crippen LogP contribution in [0.5, 0.6) is 0 Å². The van der Waals surface area contributed by atoms with Crippen LogP contribution >= 0.6 is 0 Å². The van der Waals surface area contributed by atoms with Gasteiger partial charge in [0.05, 0.1) is 0 Å². The SMILES string of the molecule is CCCCc1ccccc1Cc1ccc(F)cc1CC. The van der Waals surface area contributed by atoms with Crippen molar-refractivity contribution in [3.63, 3.8) is 0 Å². The lowest BCUT2D eigenvalue weighted by Crippen LogP contribution is -1.99. The van der Waals surface area contributed by atoms with Crippen LogP contribution in [0.3, 0.4) is 0 Å². The molecule has 0 nitrogen and oxygen atoms in total. The number of rotatable bonds is 6. The van der Waals surface area contributed by atoms with Crippen molar-refractivity contribution in [1.29, 1.82) is 0 Å². The van der Waals surface area contributed by atoms with Crippen LogP contribution in [0, 0.1) is 5.82 Å². The fourth-order valence-electron chi connectivity index (χ4n) is 2.64. The second-order valence-electron chi connectivity index (χ2n) is 5.32. The van der Waals surface area contributed by atoms with Crippen LogP contribution in [-0.2, 0) is 19.3 Å². The third kappa shape index (κ3) is 3.69. The van der Waals surface area contributed by atoms with Crippen LogP contribution < -0.4 is 0 Å². The molecule has 0 aliphatic carbocycles. The van der Waals surface area contributed by atoms with Gasteiger partial charge in [0, 0.05) is 0 Å². The Kier molecular flexibility index (Phi) is 5.34. The lowest BCUT2D eigenvalue weighted by atomic mass is 9.93. The predicted molar refractivity (Wildman–Crippen MR) is 83.6 cm³/mol. The van der Waals surface area contributed by atoms with E-state index in [-0.39, 0.29) is 5.82 Å². The lowest BCUT2D eigenvalue weighted by molar-refractivity contribution is 0.624. The van der Waals surface area contributed by atoms with E-state index in [0.717, 1.165) is 24.8 Å². The second kappa shape index (κ2) is 7.23. The van der Waals surface area contributed by atoms with E-state index in [1.807, 2.05) is 6.07 Å². The van der Waals surface area contributed by atoms with Gasteiger partial charge in [-0.25, -0.2) is 4.39 Å². The zero-order chi connectivity index (χ0) is 14.4. The molecule has 0 unspecified atom stereocenters. The fourth-order valence-corrected chi connectivity index (χ4v) is 2.64. The topological polar surface area (TPSA) is 0 Å². The molecular weight excluding hydrogens is 247 g/mol. The summed E-state index contributed by atoms with van der Waals surface area (Å²) in [6, 6.07) is 13.8. The Bertz CT molecular complexity index is 557. The monoisotopic (exact) mass is 270 g/mol. The summed E-state index contributed by atoms with van der Waals surface area (Å²) in [5, 5.41) is 0. The summed E-state index contributed by atoms with van der Waals surface area (Å²) in [6.45, 7) is 4.30. The van der Waals surface area contributed by atoms with Gasteiger partial charge in [0.25, 0.3) is 0 Å². The average Bonchev–Trinajstić information content (AvgIpc) is 2.48. The summed E-state index contributed by atoms with van der Waals surface area (Å²) in [5.74, 6) is -0.134. The molecule has 0 radical (unpaired) electrons. The van der Waals surface area contributed by atoms with Gasteiger partial charge in [0.1, 0.15) is 5.82 Å². The Morgan fingerprint density at radius 3 is 2.25 bits per heavy atom. The largest absolute Gasteiger partial charge is 0.207 e. The summed E-state index contributed by atoms with van der Waals surface area (Å²) in [5.41, 5.74) is 5.18. The van der Waals surface area contributed by atoms with E-state index in [2.05, 4.69) is 38.1 Å². The van der Waals surface area contributed by atoms with Gasteiger partial charge in [0.2, 0.25) is 0 Å². The van der Waals surface area contributed by atoms with Gasteiger partial charge in [-0.3, -0.25) is 0 Å². The number of benzene rings is 2. The standard InChI is InChI=1S/C19H23F/c1-3-5-8-16-9-6-7-10-17(16)13-18-11-12-19(20)14-15(18)4-2/h6-7,9-12,14H,3-5,8,13H2,1-2H3. The molecule has 0 amide bonds. The molecule has 0 atom stereocenters. The molecule has 2 aromatic rings. The normalized spacial score (nSPS) is 10.8. The highest BCUT2D eigenvalue weighted by Crippen LogP contribution is 2.20. The molecule has 0 heterocycles. The molecule has 2 rings (SSSR count). The first-order valence-electron chi connectivity index (χ1n) is 7.58. The molecule has 0 saturated carbocycles. The molecule has 0 bridgehead atoms. The summed E-state index contributed by atoms with van der Waals surface area (Å²) in [7, 11) is 0. The molecule has 0 aromatic heterocycles. The smallest absolute Gasteiger partial charge is 0.123 e. The van der Waals surface area contributed by atoms with Crippen LogP contribution in [0.2, 0.25) is 0 Å². The van der Waals surface area contributed by atoms with Crippen molar-refractivity contribution in [2.24, 2.45) is 0 Å². The van der Waals surface area contributed by atoms with Crippen LogP contribution in [-0.4, -0.2) is 0 Å². The van der Waals surface area contributed by atoms with Gasteiger partial charge >= 0.3 is 0 Å². The maximum Gasteiger partial charge on any atom is 0.123 e. The predicted octanol–water partition coefficient (Wildman–Crippen LogP) is 5.32. The molecule has 0 fully saturated rings. The van der Waals surface area contributed by atoms with Crippen molar-refractivity contribution < 1.29 is 4.39 Å². The Morgan fingerprint density at radius 2 is 1.55 bits per heavy atom. The lowest BCUT2D eigenvalue weighted by Gasteiger charge is -2.12. The molecule has 20 heavy (non-hydrogen) atoms. The van der Waals surface area contributed by atoms with Crippen LogP contribution in [0.25, 0.3) is 0 Å². The Hall–Kier alpha value is -1.63. The Morgan fingerprint density at radius 1 is 0.850 bits per heavy atom. The van der Waals surface area contributed by atoms with Crippen molar-refractivity contribution >= 4 is 0 Å². The zero-order valence-corrected chi connectivity index (χ0v) is 12.5. The third-order valence-corrected chi connectivity index (χ3v) is 3.85. The van der Waals surface area contributed by atoms with E-state index in [1.54, 1.807) is 12.1 Å². The summed E-state index contributed by atoms with van der Waals surface area (Å²) >= 11 is 0. The third-order valence-electron chi connectivity index (χ3n) is 3.85. The number of hydrogen-bond acceptors (Lipinski definition) is 0. The first-order chi connectivity index (χ1) is 9.74. The highest BCUT2D eigenvalue weighted by Gasteiger charge is 2.07. The van der Waals surface area contributed by atoms with Crippen molar-refractivity contribution in [3.05, 3.63) is 70.5 Å². The number of hydrogen-bond donors (Lipinski definition) is 0. The minimum atomic E-state index is -0.134. The maximum absolute atomic E-state index is 13.3. The summed E-state index contributed by atoms with van der Waals surface area (Å²) in [6.07, 6.45) is 5.36. The van der Waals surface area contributed by atoms with Crippen molar-refractivity contribution in [2.75, 3.05) is 0 Å². The first kappa shape index (κ1) is 14.8. The van der Waals surface area contributed by atoms with Gasteiger partial charge in [-0.2, -0.15) is 0 Å². The van der Waals surface area contributed by atoms with E-state index < -0.39 is 0 Å². The molecule has 0 N–H and O–H groups in total. The second-order valence-corrected chi connectivity index (χ2v) is 5.32. The van der Waals surface area contributed by atoms with Crippen LogP contribution in [0.15, 0.2) is 42.5 Å². The Labute approximate surface area is 121 Å². The van der Waals surface area contributed by atoms with Gasteiger partial charge in [-0.05, 0) is 60.1 Å². The van der Waals surface area contributed by atoms with E-state index >= 15 is 0 Å². The zero-order valence-electron chi connectivity index (χ0n) is 12.5. The first-order valence-corrected chi connectivity index (χ1v) is 7.58. The quantitative estimate of drug-likeness (QED) is 0.666. The van der Waals surface area contributed by atoms with Gasteiger partial charge in [0.15, 0.2) is 0 Å². The van der Waals surface area contributed by atoms with Gasteiger partial charge < -0.3 is 0 Å². The molecule has 106 valence electrons. The van der Waals surface area contributed by atoms with Gasteiger partial charge in [-0.15, -0.1) is 0 Å². The molecular formula is C19H23F. The van der Waals surface area contributed by atoms with E-state index in [0.29, 0.717) is 0 Å². The molecule has 0 aliphatic heterocycles. The molecule has 1 heteroatoms. The van der Waals surface area contributed by atoms with E-state index in [4.69, 9.17) is 0 Å². The highest BCUT2D eigenvalue weighted by molar-refractivity contribution is 5.37. The summed E-state index contributed by atoms with van der Waals surface area (Å²) in [4.78, 5) is 0.